The minimum absolute atomic E-state index is 0.0708. The van der Waals surface area contributed by atoms with Crippen molar-refractivity contribution >= 4 is 50.0 Å². The van der Waals surface area contributed by atoms with Gasteiger partial charge in [0.1, 0.15) is 5.58 Å². The number of sulfonamides is 1. The Morgan fingerprint density at radius 1 is 1.23 bits per heavy atom. The number of fused-ring (bicyclic) bond motifs is 1. The van der Waals surface area contributed by atoms with Crippen molar-refractivity contribution in [2.24, 2.45) is 0 Å². The first-order chi connectivity index (χ1) is 14.9. The molecule has 1 fully saturated rings. The molecule has 1 aliphatic heterocycles. The van der Waals surface area contributed by atoms with Crippen molar-refractivity contribution in [2.75, 3.05) is 25.9 Å². The molecule has 0 N–H and O–H groups in total. The predicted molar refractivity (Wildman–Crippen MR) is 126 cm³/mol. The number of hydrogen-bond acceptors (Lipinski definition) is 6. The van der Waals surface area contributed by atoms with Gasteiger partial charge in [-0.25, -0.2) is 12.7 Å². The van der Waals surface area contributed by atoms with E-state index in [0.29, 0.717) is 37.4 Å². The second-order valence-corrected chi connectivity index (χ2v) is 12.1. The molecule has 1 amide bonds. The molecular weight excluding hydrogens is 452 g/mol. The summed E-state index contributed by atoms with van der Waals surface area (Å²) in [5.41, 5.74) is 1.64. The summed E-state index contributed by atoms with van der Waals surface area (Å²) in [7, 11) is -1.59. The quantitative estimate of drug-likeness (QED) is 0.462. The largest absolute Gasteiger partial charge is 0.451 e. The smallest absolute Gasteiger partial charge is 0.289 e. The molecule has 0 atom stereocenters. The van der Waals surface area contributed by atoms with Crippen LogP contribution in [0, 0.1) is 0 Å². The van der Waals surface area contributed by atoms with E-state index in [2.05, 4.69) is 6.07 Å². The number of furan rings is 1. The molecule has 166 valence electrons. The molecule has 0 unspecified atom stereocenters. The second kappa shape index (κ2) is 9.36. The van der Waals surface area contributed by atoms with Crippen molar-refractivity contribution in [3.8, 4) is 0 Å². The first kappa shape index (κ1) is 22.4. The van der Waals surface area contributed by atoms with E-state index < -0.39 is 10.0 Å². The zero-order valence-corrected chi connectivity index (χ0v) is 20.1. The molecule has 6 nitrogen and oxygen atoms in total. The first-order valence-electron chi connectivity index (χ1n) is 10.3. The van der Waals surface area contributed by atoms with E-state index in [1.165, 1.54) is 8.51 Å². The molecule has 2 aromatic heterocycles. The molecule has 1 aromatic carbocycles. The maximum atomic E-state index is 13.4. The molecule has 1 aliphatic rings. The van der Waals surface area contributed by atoms with E-state index in [-0.39, 0.29) is 17.7 Å². The van der Waals surface area contributed by atoms with Crippen molar-refractivity contribution in [2.45, 2.75) is 35.8 Å². The number of benzene rings is 1. The fourth-order valence-corrected chi connectivity index (χ4v) is 6.80. The molecule has 3 aromatic rings. The summed E-state index contributed by atoms with van der Waals surface area (Å²) in [6.07, 6.45) is 1.25. The van der Waals surface area contributed by atoms with Crippen LogP contribution >= 0.6 is 23.1 Å². The van der Waals surface area contributed by atoms with Gasteiger partial charge < -0.3 is 9.32 Å². The Kier molecular flexibility index (Phi) is 6.76. The number of amides is 1. The third-order valence-electron chi connectivity index (χ3n) is 5.82. The lowest BCUT2D eigenvalue weighted by Crippen LogP contribution is -2.47. The number of likely N-dealkylation sites (tertiary alicyclic amines) is 1. The highest BCUT2D eigenvalue weighted by molar-refractivity contribution is 8.00. The van der Waals surface area contributed by atoms with Gasteiger partial charge in [-0.2, -0.15) is 0 Å². The van der Waals surface area contributed by atoms with Gasteiger partial charge in [0.15, 0.2) is 5.76 Å². The zero-order valence-electron chi connectivity index (χ0n) is 17.6. The Hall–Kier alpha value is -1.81. The van der Waals surface area contributed by atoms with Crippen LogP contribution in [0.3, 0.4) is 0 Å². The minimum atomic E-state index is -3.23. The summed E-state index contributed by atoms with van der Waals surface area (Å²) in [5.74, 6) is 1.04. The van der Waals surface area contributed by atoms with Gasteiger partial charge in [-0.15, -0.1) is 23.1 Å². The Balaban J connectivity index is 1.52. The van der Waals surface area contributed by atoms with Crippen LogP contribution in [0.25, 0.3) is 11.0 Å². The Bertz CT molecular complexity index is 1150. The average Bonchev–Trinajstić information content (AvgIpc) is 3.44. The molecule has 1 saturated heterocycles. The number of carbonyl (C=O) groups is 1. The van der Waals surface area contributed by atoms with Gasteiger partial charge in [0.2, 0.25) is 10.0 Å². The Morgan fingerprint density at radius 2 is 1.97 bits per heavy atom. The van der Waals surface area contributed by atoms with Crippen molar-refractivity contribution in [3.63, 3.8) is 0 Å². The third-order valence-corrected chi connectivity index (χ3v) is 9.88. The number of thioether (sulfide) groups is 1. The molecule has 3 heterocycles. The summed E-state index contributed by atoms with van der Waals surface area (Å²) >= 11 is 3.38. The normalized spacial score (nSPS) is 15.8. The van der Waals surface area contributed by atoms with E-state index >= 15 is 0 Å². The van der Waals surface area contributed by atoms with E-state index in [1.54, 1.807) is 42.0 Å². The number of para-hydroxylation sites is 1. The fourth-order valence-electron chi connectivity index (χ4n) is 3.91. The van der Waals surface area contributed by atoms with Crippen molar-refractivity contribution in [1.29, 1.82) is 0 Å². The van der Waals surface area contributed by atoms with Gasteiger partial charge in [-0.05, 0) is 37.3 Å². The topological polar surface area (TPSA) is 70.8 Å². The Morgan fingerprint density at radius 3 is 2.65 bits per heavy atom. The highest BCUT2D eigenvalue weighted by atomic mass is 32.2. The van der Waals surface area contributed by atoms with Crippen LogP contribution in [0.5, 0.6) is 0 Å². The van der Waals surface area contributed by atoms with Crippen LogP contribution in [0.1, 0.15) is 35.9 Å². The maximum absolute atomic E-state index is 13.4. The van der Waals surface area contributed by atoms with Gasteiger partial charge >= 0.3 is 0 Å². The van der Waals surface area contributed by atoms with Crippen molar-refractivity contribution < 1.29 is 17.6 Å². The van der Waals surface area contributed by atoms with Crippen LogP contribution in [-0.2, 0) is 15.8 Å². The van der Waals surface area contributed by atoms with E-state index in [4.69, 9.17) is 4.42 Å². The van der Waals surface area contributed by atoms with Crippen LogP contribution < -0.4 is 0 Å². The summed E-state index contributed by atoms with van der Waals surface area (Å²) in [5, 5.41) is 3.01. The lowest BCUT2D eigenvalue weighted by atomic mass is 10.0. The lowest BCUT2D eigenvalue weighted by molar-refractivity contribution is 0.0655. The highest BCUT2D eigenvalue weighted by Crippen LogP contribution is 2.34. The summed E-state index contributed by atoms with van der Waals surface area (Å²) < 4.78 is 33.0. The third kappa shape index (κ3) is 4.69. The van der Waals surface area contributed by atoms with Gasteiger partial charge in [0.25, 0.3) is 5.91 Å². The van der Waals surface area contributed by atoms with Crippen LogP contribution in [0.2, 0.25) is 0 Å². The van der Waals surface area contributed by atoms with Crippen molar-refractivity contribution in [1.82, 2.24) is 9.21 Å². The highest BCUT2D eigenvalue weighted by Gasteiger charge is 2.32. The number of carbonyl (C=O) groups excluding carboxylic acids is 1. The van der Waals surface area contributed by atoms with E-state index in [0.717, 1.165) is 16.5 Å². The monoisotopic (exact) mass is 478 g/mol. The summed E-state index contributed by atoms with van der Waals surface area (Å²) in [6.45, 7) is 2.69. The summed E-state index contributed by atoms with van der Waals surface area (Å²) in [4.78, 5) is 15.2. The molecule has 0 saturated carbocycles. The zero-order chi connectivity index (χ0) is 22.0. The van der Waals surface area contributed by atoms with Gasteiger partial charge in [-0.3, -0.25) is 4.79 Å². The van der Waals surface area contributed by atoms with Crippen LogP contribution in [-0.4, -0.2) is 55.5 Å². The van der Waals surface area contributed by atoms with Gasteiger partial charge in [0, 0.05) is 42.9 Å². The second-order valence-electron chi connectivity index (χ2n) is 7.57. The minimum Gasteiger partial charge on any atom is -0.451 e. The lowest BCUT2D eigenvalue weighted by Gasteiger charge is -2.35. The molecule has 0 aliphatic carbocycles. The SMILES string of the molecule is CCS(=O)(=O)N(C)C1CCN(C(=O)c2oc3ccccc3c2CSc2cccs2)CC1. The van der Waals surface area contributed by atoms with Crippen molar-refractivity contribution in [3.05, 3.63) is 53.1 Å². The molecule has 0 spiro atoms. The van der Waals surface area contributed by atoms with E-state index in [9.17, 15) is 13.2 Å². The summed E-state index contributed by atoms with van der Waals surface area (Å²) in [6, 6.07) is 11.8. The molecule has 9 heteroatoms. The van der Waals surface area contributed by atoms with Crippen LogP contribution in [0.15, 0.2) is 50.4 Å². The number of piperidine rings is 1. The standard InChI is InChI=1S/C22H26N2O4S3/c1-3-31(26,27)23(2)16-10-12-24(13-11-16)22(25)21-18(15-30-20-9-6-14-29-20)17-7-4-5-8-19(17)28-21/h4-9,14,16H,3,10-13,15H2,1-2H3. The molecule has 4 rings (SSSR count). The van der Waals surface area contributed by atoms with Gasteiger partial charge in [-0.1, -0.05) is 24.3 Å². The molecule has 0 bridgehead atoms. The first-order valence-corrected chi connectivity index (χ1v) is 13.8. The number of nitrogens with zero attached hydrogens (tertiary/aromatic N) is 2. The van der Waals surface area contributed by atoms with Crippen LogP contribution in [0.4, 0.5) is 0 Å². The fraction of sp³-hybridized carbons (Fsp3) is 0.409. The molecule has 31 heavy (non-hydrogen) atoms. The number of rotatable bonds is 7. The Labute approximate surface area is 191 Å². The van der Waals surface area contributed by atoms with E-state index in [1.807, 2.05) is 35.7 Å². The molecular formula is C22H26N2O4S3. The predicted octanol–water partition coefficient (Wildman–Crippen LogP) is 4.67. The van der Waals surface area contributed by atoms with Gasteiger partial charge in [0.05, 0.1) is 9.96 Å². The maximum Gasteiger partial charge on any atom is 0.289 e. The average molecular weight is 479 g/mol. The number of hydrogen-bond donors (Lipinski definition) is 0. The molecule has 0 radical (unpaired) electrons. The number of thiophene rings is 1.